The Kier molecular flexibility index (Phi) is 3.76. The molecule has 2 aromatic rings. The van der Waals surface area contributed by atoms with Crippen molar-refractivity contribution in [2.24, 2.45) is 0 Å². The summed E-state index contributed by atoms with van der Waals surface area (Å²) in [6.07, 6.45) is 0. The molecule has 0 aliphatic carbocycles. The van der Waals surface area contributed by atoms with Gasteiger partial charge in [0.05, 0.1) is 5.69 Å². The maximum Gasteiger partial charge on any atom is 0.339 e. The van der Waals surface area contributed by atoms with E-state index in [1.807, 2.05) is 19.1 Å². The molecule has 98 valence electrons. The molecule has 2 rings (SSSR count). The SMILES string of the molecule is Cc1ccc(Br)cc1Oc1c(N)cccc1C(=O)O. The third-order valence-corrected chi connectivity index (χ3v) is 3.13. The van der Waals surface area contributed by atoms with Gasteiger partial charge in [0.25, 0.3) is 0 Å². The average molecular weight is 322 g/mol. The Labute approximate surface area is 118 Å². The number of para-hydroxylation sites is 1. The van der Waals surface area contributed by atoms with Crippen LogP contribution in [0.1, 0.15) is 15.9 Å². The Morgan fingerprint density at radius 1 is 1.32 bits per heavy atom. The molecular weight excluding hydrogens is 310 g/mol. The highest BCUT2D eigenvalue weighted by atomic mass is 79.9. The minimum absolute atomic E-state index is 0.0411. The van der Waals surface area contributed by atoms with Crippen molar-refractivity contribution in [2.45, 2.75) is 6.92 Å². The van der Waals surface area contributed by atoms with Crippen molar-refractivity contribution in [3.63, 3.8) is 0 Å². The van der Waals surface area contributed by atoms with Crippen LogP contribution in [0.2, 0.25) is 0 Å². The van der Waals surface area contributed by atoms with Crippen LogP contribution in [-0.4, -0.2) is 11.1 Å². The number of halogens is 1. The lowest BCUT2D eigenvalue weighted by Gasteiger charge is -2.13. The van der Waals surface area contributed by atoms with Gasteiger partial charge in [0.1, 0.15) is 11.3 Å². The van der Waals surface area contributed by atoms with Gasteiger partial charge in [0.2, 0.25) is 0 Å². The zero-order chi connectivity index (χ0) is 14.0. The molecule has 2 aromatic carbocycles. The van der Waals surface area contributed by atoms with Crippen LogP contribution in [0.15, 0.2) is 40.9 Å². The third-order valence-electron chi connectivity index (χ3n) is 2.64. The molecule has 5 heteroatoms. The van der Waals surface area contributed by atoms with Crippen molar-refractivity contribution < 1.29 is 14.6 Å². The first-order valence-corrected chi connectivity index (χ1v) is 6.34. The molecule has 0 heterocycles. The first-order valence-electron chi connectivity index (χ1n) is 5.55. The van der Waals surface area contributed by atoms with Gasteiger partial charge in [-0.3, -0.25) is 0 Å². The summed E-state index contributed by atoms with van der Waals surface area (Å²) in [6, 6.07) is 10.2. The van der Waals surface area contributed by atoms with E-state index in [1.165, 1.54) is 6.07 Å². The molecule has 0 saturated heterocycles. The number of nitrogen functional groups attached to an aromatic ring is 1. The van der Waals surface area contributed by atoms with Crippen molar-refractivity contribution in [1.29, 1.82) is 0 Å². The number of carbonyl (C=O) groups is 1. The topological polar surface area (TPSA) is 72.5 Å². The second-order valence-electron chi connectivity index (χ2n) is 4.04. The van der Waals surface area contributed by atoms with Crippen molar-refractivity contribution in [1.82, 2.24) is 0 Å². The molecule has 0 radical (unpaired) electrons. The fraction of sp³-hybridized carbons (Fsp3) is 0.0714. The number of hydrogen-bond donors (Lipinski definition) is 2. The lowest BCUT2D eigenvalue weighted by atomic mass is 10.1. The first-order chi connectivity index (χ1) is 8.99. The van der Waals surface area contributed by atoms with E-state index in [2.05, 4.69) is 15.9 Å². The highest BCUT2D eigenvalue weighted by molar-refractivity contribution is 9.10. The third kappa shape index (κ3) is 2.88. The molecule has 3 N–H and O–H groups in total. The Morgan fingerprint density at radius 2 is 2.05 bits per heavy atom. The highest BCUT2D eigenvalue weighted by Gasteiger charge is 2.15. The number of benzene rings is 2. The Bertz CT molecular complexity index is 641. The molecule has 0 unspecified atom stereocenters. The Morgan fingerprint density at radius 3 is 2.74 bits per heavy atom. The maximum atomic E-state index is 11.2. The molecule has 0 fully saturated rings. The molecular formula is C14H12BrNO3. The fourth-order valence-corrected chi connectivity index (χ4v) is 1.97. The van der Waals surface area contributed by atoms with E-state index in [4.69, 9.17) is 15.6 Å². The molecule has 0 aliphatic heterocycles. The van der Waals surface area contributed by atoms with Crippen molar-refractivity contribution in [2.75, 3.05) is 5.73 Å². The largest absolute Gasteiger partial charge is 0.478 e. The summed E-state index contributed by atoms with van der Waals surface area (Å²) in [5.41, 5.74) is 7.02. The van der Waals surface area contributed by atoms with Crippen molar-refractivity contribution >= 4 is 27.6 Å². The molecule has 0 saturated carbocycles. The first kappa shape index (κ1) is 13.4. The second-order valence-corrected chi connectivity index (χ2v) is 4.96. The summed E-state index contributed by atoms with van der Waals surface area (Å²) in [5, 5.41) is 9.15. The molecule has 4 nitrogen and oxygen atoms in total. The van der Waals surface area contributed by atoms with Crippen LogP contribution in [0.3, 0.4) is 0 Å². The van der Waals surface area contributed by atoms with Gasteiger partial charge in [0, 0.05) is 4.47 Å². The van der Waals surface area contributed by atoms with Gasteiger partial charge in [-0.05, 0) is 36.8 Å². The standard InChI is InChI=1S/C14H12BrNO3/c1-8-5-6-9(15)7-12(8)19-13-10(14(17)18)3-2-4-11(13)16/h2-7H,16H2,1H3,(H,17,18). The van der Waals surface area contributed by atoms with E-state index in [0.717, 1.165) is 10.0 Å². The van der Waals surface area contributed by atoms with Gasteiger partial charge in [-0.15, -0.1) is 0 Å². The van der Waals surface area contributed by atoms with Crippen LogP contribution in [0, 0.1) is 6.92 Å². The summed E-state index contributed by atoms with van der Waals surface area (Å²) in [5.74, 6) is -0.346. The van der Waals surface area contributed by atoms with Gasteiger partial charge < -0.3 is 15.6 Å². The van der Waals surface area contributed by atoms with Gasteiger partial charge in [-0.1, -0.05) is 28.1 Å². The summed E-state index contributed by atoms with van der Waals surface area (Å²) < 4.78 is 6.52. The van der Waals surface area contributed by atoms with Crippen molar-refractivity contribution in [3.05, 3.63) is 52.0 Å². The average Bonchev–Trinajstić information content (AvgIpc) is 2.35. The lowest BCUT2D eigenvalue weighted by Crippen LogP contribution is -2.03. The molecule has 0 amide bonds. The Hall–Kier alpha value is -2.01. The molecule has 0 spiro atoms. The maximum absolute atomic E-state index is 11.2. The zero-order valence-corrected chi connectivity index (χ0v) is 11.8. The van der Waals surface area contributed by atoms with Crippen LogP contribution >= 0.6 is 15.9 Å². The van der Waals surface area contributed by atoms with Gasteiger partial charge in [-0.2, -0.15) is 0 Å². The van der Waals surface area contributed by atoms with E-state index in [1.54, 1.807) is 18.2 Å². The number of rotatable bonds is 3. The van der Waals surface area contributed by atoms with Crippen LogP contribution in [0.5, 0.6) is 11.5 Å². The van der Waals surface area contributed by atoms with Gasteiger partial charge in [0.15, 0.2) is 5.75 Å². The van der Waals surface area contributed by atoms with E-state index in [0.29, 0.717) is 11.4 Å². The number of hydrogen-bond acceptors (Lipinski definition) is 3. The van der Waals surface area contributed by atoms with E-state index in [9.17, 15) is 4.79 Å². The zero-order valence-electron chi connectivity index (χ0n) is 10.2. The van der Waals surface area contributed by atoms with Gasteiger partial charge in [-0.25, -0.2) is 4.79 Å². The lowest BCUT2D eigenvalue weighted by molar-refractivity contribution is 0.0694. The summed E-state index contributed by atoms with van der Waals surface area (Å²) in [6.45, 7) is 1.88. The summed E-state index contributed by atoms with van der Waals surface area (Å²) >= 11 is 3.35. The van der Waals surface area contributed by atoms with Crippen LogP contribution in [0.4, 0.5) is 5.69 Å². The number of aromatic carboxylic acids is 1. The normalized spacial score (nSPS) is 10.2. The molecule has 19 heavy (non-hydrogen) atoms. The van der Waals surface area contributed by atoms with Crippen LogP contribution < -0.4 is 10.5 Å². The Balaban J connectivity index is 2.49. The van der Waals surface area contributed by atoms with Crippen molar-refractivity contribution in [3.8, 4) is 11.5 Å². The summed E-state index contributed by atoms with van der Waals surface area (Å²) in [4.78, 5) is 11.2. The predicted molar refractivity (Wildman–Crippen MR) is 76.8 cm³/mol. The second kappa shape index (κ2) is 5.32. The highest BCUT2D eigenvalue weighted by Crippen LogP contribution is 2.34. The molecule has 0 aliphatic rings. The van der Waals surface area contributed by atoms with E-state index >= 15 is 0 Å². The number of aryl methyl sites for hydroxylation is 1. The summed E-state index contributed by atoms with van der Waals surface area (Å²) in [7, 11) is 0. The van der Waals surface area contributed by atoms with E-state index < -0.39 is 5.97 Å². The molecule has 0 atom stereocenters. The molecule has 0 bridgehead atoms. The monoisotopic (exact) mass is 321 g/mol. The minimum Gasteiger partial charge on any atom is -0.478 e. The fourth-order valence-electron chi connectivity index (χ4n) is 1.63. The number of ether oxygens (including phenoxy) is 1. The van der Waals surface area contributed by atoms with Crippen LogP contribution in [-0.2, 0) is 0 Å². The number of anilines is 1. The number of carboxylic acid groups (broad SMARTS) is 1. The number of carboxylic acids is 1. The molecule has 0 aromatic heterocycles. The number of nitrogens with two attached hydrogens (primary N) is 1. The van der Waals surface area contributed by atoms with E-state index in [-0.39, 0.29) is 11.3 Å². The minimum atomic E-state index is -1.07. The van der Waals surface area contributed by atoms with Gasteiger partial charge >= 0.3 is 5.97 Å². The smallest absolute Gasteiger partial charge is 0.339 e. The quantitative estimate of drug-likeness (QED) is 0.843. The predicted octanol–water partition coefficient (Wildman–Crippen LogP) is 3.83. The van der Waals surface area contributed by atoms with Crippen LogP contribution in [0.25, 0.3) is 0 Å².